The molecule has 1 fully saturated rings. The molecule has 0 radical (unpaired) electrons. The van der Waals surface area contributed by atoms with Crippen molar-refractivity contribution in [2.24, 2.45) is 11.3 Å². The molecule has 4 atom stereocenters. The predicted octanol–water partition coefficient (Wildman–Crippen LogP) is 7.05. The zero-order valence-corrected chi connectivity index (χ0v) is 18.9. The fourth-order valence-corrected chi connectivity index (χ4v) is 6.88. The van der Waals surface area contributed by atoms with Crippen LogP contribution in [0.5, 0.6) is 0 Å². The van der Waals surface area contributed by atoms with Crippen LogP contribution in [0.1, 0.15) is 70.9 Å². The Balaban J connectivity index is 1.77. The summed E-state index contributed by atoms with van der Waals surface area (Å²) in [5, 5.41) is 14.3. The van der Waals surface area contributed by atoms with E-state index < -0.39 is 0 Å². The number of para-hydroxylation sites is 1. The van der Waals surface area contributed by atoms with E-state index in [-0.39, 0.29) is 16.9 Å². The van der Waals surface area contributed by atoms with Gasteiger partial charge in [0.05, 0.1) is 6.10 Å². The van der Waals surface area contributed by atoms with Crippen molar-refractivity contribution in [1.82, 2.24) is 4.98 Å². The van der Waals surface area contributed by atoms with Crippen LogP contribution in [-0.4, -0.2) is 16.2 Å². The third-order valence-electron chi connectivity index (χ3n) is 8.76. The summed E-state index contributed by atoms with van der Waals surface area (Å²) < 4.78 is 0. The third kappa shape index (κ3) is 2.66. The second-order valence-electron chi connectivity index (χ2n) is 10.4. The first-order valence-corrected chi connectivity index (χ1v) is 11.7. The lowest BCUT2D eigenvalue weighted by Crippen LogP contribution is -2.60. The second-order valence-corrected chi connectivity index (χ2v) is 10.4. The van der Waals surface area contributed by atoms with Gasteiger partial charge in [-0.15, -0.1) is 0 Å². The number of aliphatic hydroxyl groups excluding tert-OH is 1. The normalized spacial score (nSPS) is 30.8. The van der Waals surface area contributed by atoms with Gasteiger partial charge in [0.15, 0.2) is 0 Å². The summed E-state index contributed by atoms with van der Waals surface area (Å²) in [6, 6.07) is 13.5. The quantitative estimate of drug-likeness (QED) is 0.453. The van der Waals surface area contributed by atoms with E-state index in [0.29, 0.717) is 5.92 Å². The van der Waals surface area contributed by atoms with Crippen LogP contribution < -0.4 is 0 Å². The molecule has 0 amide bonds. The zero-order valence-electron chi connectivity index (χ0n) is 18.9. The number of aliphatic hydroxyl groups is 1. The molecule has 0 bridgehead atoms. The van der Waals surface area contributed by atoms with Crippen molar-refractivity contribution in [3.05, 3.63) is 59.2 Å². The highest BCUT2D eigenvalue weighted by Crippen LogP contribution is 2.62. The molecule has 2 aliphatic carbocycles. The molecule has 1 aromatic heterocycles. The summed E-state index contributed by atoms with van der Waals surface area (Å²) in [6.07, 6.45) is 8.47. The van der Waals surface area contributed by atoms with Crippen LogP contribution in [0.15, 0.2) is 48.0 Å². The fourth-order valence-electron chi connectivity index (χ4n) is 6.88. The first kappa shape index (κ1) is 19.9. The number of aryl methyl sites for hydroxylation is 1. The van der Waals surface area contributed by atoms with E-state index in [9.17, 15) is 5.11 Å². The molecule has 5 rings (SSSR count). The van der Waals surface area contributed by atoms with Crippen molar-refractivity contribution >= 4 is 21.8 Å². The SMILES string of the molecule is CC(C)=CCC[C@]12c3cc4c(cc3CC[C@@]1(C)[C@H](C)CC[C@@H]2O)[nH]c1ccccc14. The first-order valence-electron chi connectivity index (χ1n) is 11.7. The molecule has 1 saturated carbocycles. The molecule has 30 heavy (non-hydrogen) atoms. The van der Waals surface area contributed by atoms with Crippen LogP contribution in [0, 0.1) is 11.3 Å². The average Bonchev–Trinajstić information content (AvgIpc) is 3.08. The number of hydrogen-bond donors (Lipinski definition) is 2. The number of H-pyrrole nitrogens is 1. The Morgan fingerprint density at radius 2 is 1.93 bits per heavy atom. The van der Waals surface area contributed by atoms with Crippen LogP contribution in [0.4, 0.5) is 0 Å². The molecule has 0 spiro atoms. The number of rotatable bonds is 3. The molecule has 0 unspecified atom stereocenters. The fraction of sp³-hybridized carbons (Fsp3) is 0.500. The van der Waals surface area contributed by atoms with Crippen molar-refractivity contribution in [3.8, 4) is 0 Å². The summed E-state index contributed by atoms with van der Waals surface area (Å²) in [5.41, 5.74) is 6.63. The summed E-state index contributed by atoms with van der Waals surface area (Å²) in [6.45, 7) is 9.27. The molecule has 158 valence electrons. The lowest BCUT2D eigenvalue weighted by molar-refractivity contribution is -0.0950. The molecular formula is C28H35NO. The van der Waals surface area contributed by atoms with Crippen molar-refractivity contribution in [2.75, 3.05) is 0 Å². The van der Waals surface area contributed by atoms with Gasteiger partial charge in [0.1, 0.15) is 0 Å². The van der Waals surface area contributed by atoms with Crippen LogP contribution >= 0.6 is 0 Å². The van der Waals surface area contributed by atoms with E-state index in [1.165, 1.54) is 44.9 Å². The third-order valence-corrected chi connectivity index (χ3v) is 8.76. The molecule has 2 aromatic carbocycles. The summed E-state index contributed by atoms with van der Waals surface area (Å²) in [4.78, 5) is 3.63. The number of allylic oxidation sites excluding steroid dienone is 2. The van der Waals surface area contributed by atoms with Gasteiger partial charge in [-0.3, -0.25) is 0 Å². The molecule has 2 aliphatic rings. The van der Waals surface area contributed by atoms with Gasteiger partial charge < -0.3 is 10.1 Å². The Labute approximate surface area is 180 Å². The molecule has 2 nitrogen and oxygen atoms in total. The Morgan fingerprint density at radius 1 is 1.13 bits per heavy atom. The number of nitrogens with one attached hydrogen (secondary N) is 1. The molecular weight excluding hydrogens is 366 g/mol. The first-order chi connectivity index (χ1) is 14.4. The van der Waals surface area contributed by atoms with Crippen molar-refractivity contribution in [2.45, 2.75) is 77.7 Å². The minimum Gasteiger partial charge on any atom is -0.392 e. The molecule has 2 N–H and O–H groups in total. The minimum absolute atomic E-state index is 0.132. The van der Waals surface area contributed by atoms with Crippen molar-refractivity contribution in [3.63, 3.8) is 0 Å². The lowest BCUT2D eigenvalue weighted by Gasteiger charge is -2.61. The van der Waals surface area contributed by atoms with Gasteiger partial charge in [-0.2, -0.15) is 0 Å². The molecule has 0 aliphatic heterocycles. The summed E-state index contributed by atoms with van der Waals surface area (Å²) >= 11 is 0. The number of aromatic nitrogens is 1. The van der Waals surface area contributed by atoms with Gasteiger partial charge in [0.25, 0.3) is 0 Å². The second kappa shape index (κ2) is 6.99. The molecule has 1 heterocycles. The van der Waals surface area contributed by atoms with E-state index in [0.717, 1.165) is 32.1 Å². The predicted molar refractivity (Wildman–Crippen MR) is 127 cm³/mol. The van der Waals surface area contributed by atoms with E-state index >= 15 is 0 Å². The molecule has 3 aromatic rings. The number of aromatic amines is 1. The van der Waals surface area contributed by atoms with Crippen LogP contribution in [-0.2, 0) is 11.8 Å². The maximum Gasteiger partial charge on any atom is 0.0642 e. The number of hydrogen-bond acceptors (Lipinski definition) is 1. The summed E-state index contributed by atoms with van der Waals surface area (Å²) in [5.74, 6) is 0.624. The van der Waals surface area contributed by atoms with Crippen molar-refractivity contribution < 1.29 is 5.11 Å². The summed E-state index contributed by atoms with van der Waals surface area (Å²) in [7, 11) is 0. The van der Waals surface area contributed by atoms with Gasteiger partial charge in [-0.25, -0.2) is 0 Å². The topological polar surface area (TPSA) is 36.0 Å². The van der Waals surface area contributed by atoms with E-state index in [2.05, 4.69) is 75.2 Å². The molecule has 2 heteroatoms. The highest BCUT2D eigenvalue weighted by Gasteiger charge is 2.59. The Bertz CT molecular complexity index is 1130. The highest BCUT2D eigenvalue weighted by molar-refractivity contribution is 6.07. The average molecular weight is 402 g/mol. The Morgan fingerprint density at radius 3 is 2.73 bits per heavy atom. The minimum atomic E-state index is -0.272. The van der Waals surface area contributed by atoms with Gasteiger partial charge in [-0.1, -0.05) is 43.7 Å². The Kier molecular flexibility index (Phi) is 4.63. The number of benzene rings is 2. The smallest absolute Gasteiger partial charge is 0.0642 e. The van der Waals surface area contributed by atoms with E-state index in [1.54, 1.807) is 0 Å². The lowest BCUT2D eigenvalue weighted by atomic mass is 9.44. The monoisotopic (exact) mass is 401 g/mol. The molecule has 0 saturated heterocycles. The van der Waals surface area contributed by atoms with Gasteiger partial charge >= 0.3 is 0 Å². The number of fused-ring (bicyclic) bond motifs is 6. The Hall–Kier alpha value is -2.06. The van der Waals surface area contributed by atoms with Gasteiger partial charge in [0, 0.05) is 27.2 Å². The maximum absolute atomic E-state index is 11.7. The van der Waals surface area contributed by atoms with Crippen LogP contribution in [0.3, 0.4) is 0 Å². The maximum atomic E-state index is 11.7. The van der Waals surface area contributed by atoms with Crippen LogP contribution in [0.25, 0.3) is 21.8 Å². The standard InChI is InChI=1S/C28H35NO/c1-18(2)8-7-14-28-23-17-22-21-9-5-6-10-24(21)29-25(22)16-20(23)13-15-27(28,4)19(3)11-12-26(28)30/h5-6,8-10,16-17,19,26,29-30H,7,11-15H2,1-4H3/t19-,26+,27+,28-/m1/s1. The van der Waals surface area contributed by atoms with E-state index in [1.807, 2.05) is 0 Å². The zero-order chi connectivity index (χ0) is 21.1. The highest BCUT2D eigenvalue weighted by atomic mass is 16.3. The van der Waals surface area contributed by atoms with Gasteiger partial charge in [0.2, 0.25) is 0 Å². The van der Waals surface area contributed by atoms with E-state index in [4.69, 9.17) is 0 Å². The van der Waals surface area contributed by atoms with Crippen LogP contribution in [0.2, 0.25) is 0 Å². The van der Waals surface area contributed by atoms with Crippen molar-refractivity contribution in [1.29, 1.82) is 0 Å². The largest absolute Gasteiger partial charge is 0.392 e. The van der Waals surface area contributed by atoms with Gasteiger partial charge in [-0.05, 0) is 93.0 Å².